The number of nitrogens with zero attached hydrogens (tertiary/aromatic N) is 2. The number of hydrogen-bond acceptors (Lipinski definition) is 3. The molecule has 2 heterocycles. The monoisotopic (exact) mass is 254 g/mol. The third kappa shape index (κ3) is 5.51. The summed E-state index contributed by atoms with van der Waals surface area (Å²) in [4.78, 5) is 4.59. The lowest BCUT2D eigenvalue weighted by atomic mass is 10.0. The molecule has 3 nitrogen and oxygen atoms in total. The van der Waals surface area contributed by atoms with Crippen LogP contribution in [0.25, 0.3) is 0 Å². The van der Waals surface area contributed by atoms with Crippen LogP contribution in [-0.2, 0) is 4.74 Å². The van der Waals surface area contributed by atoms with Crippen molar-refractivity contribution in [1.82, 2.24) is 9.80 Å². The van der Waals surface area contributed by atoms with Gasteiger partial charge in [0.25, 0.3) is 0 Å². The largest absolute Gasteiger partial charge is 0.373 e. The van der Waals surface area contributed by atoms with E-state index in [2.05, 4.69) is 56.8 Å². The molecule has 18 heavy (non-hydrogen) atoms. The van der Waals surface area contributed by atoms with Crippen LogP contribution in [0.1, 0.15) is 33.6 Å². The first-order valence-electron chi connectivity index (χ1n) is 7.22. The molecule has 0 bridgehead atoms. The maximum Gasteiger partial charge on any atom is 0.0730 e. The summed E-state index contributed by atoms with van der Waals surface area (Å²) < 4.78 is 5.56. The summed E-state index contributed by atoms with van der Waals surface area (Å²) in [7, 11) is 4.17. The van der Waals surface area contributed by atoms with Crippen molar-refractivity contribution in [1.29, 1.82) is 0 Å². The first-order chi connectivity index (χ1) is 8.52. The quantitative estimate of drug-likeness (QED) is 0.716. The second kappa shape index (κ2) is 7.93. The Morgan fingerprint density at radius 1 is 1.22 bits per heavy atom. The SMILES string of the molecule is CC(C)N1CC=CC1.CCC1CC(CN(C)C)O1. The van der Waals surface area contributed by atoms with Gasteiger partial charge in [-0.05, 0) is 34.4 Å². The number of rotatable bonds is 4. The minimum atomic E-state index is 0.514. The summed E-state index contributed by atoms with van der Waals surface area (Å²) >= 11 is 0. The predicted octanol–water partition coefficient (Wildman–Crippen LogP) is 2.38. The average Bonchev–Trinajstić information content (AvgIpc) is 2.76. The van der Waals surface area contributed by atoms with E-state index in [9.17, 15) is 0 Å². The summed E-state index contributed by atoms with van der Waals surface area (Å²) in [6.45, 7) is 10.0. The highest BCUT2D eigenvalue weighted by Gasteiger charge is 2.28. The molecule has 2 aliphatic heterocycles. The third-order valence-electron chi connectivity index (χ3n) is 3.51. The minimum Gasteiger partial charge on any atom is -0.373 e. The first kappa shape index (κ1) is 15.7. The lowest BCUT2D eigenvalue weighted by Crippen LogP contribution is -2.43. The Morgan fingerprint density at radius 2 is 1.78 bits per heavy atom. The van der Waals surface area contributed by atoms with Gasteiger partial charge in [0.15, 0.2) is 0 Å². The van der Waals surface area contributed by atoms with Crippen molar-refractivity contribution >= 4 is 0 Å². The van der Waals surface area contributed by atoms with Crippen molar-refractivity contribution in [3.05, 3.63) is 12.2 Å². The standard InChI is InChI=1S/C8H17NO.C7H13N/c1-4-7-5-8(10-7)6-9(2)3;1-7(2)8-5-3-4-6-8/h7-8H,4-6H2,1-3H3;3-4,7H,5-6H2,1-2H3. The highest BCUT2D eigenvalue weighted by Crippen LogP contribution is 2.22. The Bertz CT molecular complexity index is 237. The van der Waals surface area contributed by atoms with Gasteiger partial charge in [0.1, 0.15) is 0 Å². The Labute approximate surface area is 113 Å². The molecule has 2 unspecified atom stereocenters. The topological polar surface area (TPSA) is 15.7 Å². The van der Waals surface area contributed by atoms with Crippen LogP contribution in [0.15, 0.2) is 12.2 Å². The van der Waals surface area contributed by atoms with Gasteiger partial charge in [-0.25, -0.2) is 0 Å². The van der Waals surface area contributed by atoms with Crippen LogP contribution in [0.5, 0.6) is 0 Å². The smallest absolute Gasteiger partial charge is 0.0730 e. The van der Waals surface area contributed by atoms with Crippen LogP contribution in [0, 0.1) is 0 Å². The highest BCUT2D eigenvalue weighted by molar-refractivity contribution is 4.96. The maximum absolute atomic E-state index is 5.56. The normalized spacial score (nSPS) is 27.3. The van der Waals surface area contributed by atoms with Crippen molar-refractivity contribution in [2.24, 2.45) is 0 Å². The van der Waals surface area contributed by atoms with Crippen molar-refractivity contribution in [3.8, 4) is 0 Å². The van der Waals surface area contributed by atoms with Gasteiger partial charge in [-0.2, -0.15) is 0 Å². The number of ether oxygens (including phenoxy) is 1. The molecule has 0 spiro atoms. The summed E-state index contributed by atoms with van der Waals surface area (Å²) in [5.41, 5.74) is 0. The molecular formula is C15H30N2O. The molecule has 0 aromatic heterocycles. The Balaban J connectivity index is 0.000000184. The molecule has 0 radical (unpaired) electrons. The first-order valence-corrected chi connectivity index (χ1v) is 7.22. The van der Waals surface area contributed by atoms with Crippen LogP contribution in [0.3, 0.4) is 0 Å². The van der Waals surface area contributed by atoms with E-state index in [1.807, 2.05) is 0 Å². The second-order valence-electron chi connectivity index (χ2n) is 5.81. The minimum absolute atomic E-state index is 0.514. The van der Waals surface area contributed by atoms with Crippen molar-refractivity contribution in [2.75, 3.05) is 33.7 Å². The zero-order chi connectivity index (χ0) is 13.5. The highest BCUT2D eigenvalue weighted by atomic mass is 16.5. The van der Waals surface area contributed by atoms with E-state index >= 15 is 0 Å². The van der Waals surface area contributed by atoms with Crippen LogP contribution in [-0.4, -0.2) is 61.8 Å². The fourth-order valence-electron chi connectivity index (χ4n) is 2.26. The molecule has 106 valence electrons. The van der Waals surface area contributed by atoms with E-state index in [4.69, 9.17) is 4.74 Å². The van der Waals surface area contributed by atoms with Crippen LogP contribution in [0.2, 0.25) is 0 Å². The molecule has 0 amide bonds. The Hall–Kier alpha value is -0.380. The zero-order valence-corrected chi connectivity index (χ0v) is 12.7. The summed E-state index contributed by atoms with van der Waals surface area (Å²) in [6, 6.07) is 0.713. The van der Waals surface area contributed by atoms with E-state index in [-0.39, 0.29) is 0 Å². The van der Waals surface area contributed by atoms with Gasteiger partial charge in [0, 0.05) is 32.1 Å². The number of likely N-dealkylation sites (N-methyl/N-ethyl adjacent to an activating group) is 1. The maximum atomic E-state index is 5.56. The van der Waals surface area contributed by atoms with Crippen molar-refractivity contribution in [3.63, 3.8) is 0 Å². The van der Waals surface area contributed by atoms with Crippen molar-refractivity contribution in [2.45, 2.75) is 51.9 Å². The molecule has 2 atom stereocenters. The van der Waals surface area contributed by atoms with Gasteiger partial charge in [-0.1, -0.05) is 19.1 Å². The fourth-order valence-corrected chi connectivity index (χ4v) is 2.26. The van der Waals surface area contributed by atoms with Gasteiger partial charge in [0.2, 0.25) is 0 Å². The van der Waals surface area contributed by atoms with Gasteiger partial charge < -0.3 is 9.64 Å². The molecule has 1 fully saturated rings. The predicted molar refractivity (Wildman–Crippen MR) is 78.0 cm³/mol. The molecule has 0 N–H and O–H groups in total. The fraction of sp³-hybridized carbons (Fsp3) is 0.867. The third-order valence-corrected chi connectivity index (χ3v) is 3.51. The summed E-state index contributed by atoms with van der Waals surface area (Å²) in [6.07, 6.45) is 7.95. The molecule has 0 saturated carbocycles. The average molecular weight is 254 g/mol. The van der Waals surface area contributed by atoms with Crippen LogP contribution >= 0.6 is 0 Å². The molecule has 3 heteroatoms. The Morgan fingerprint density at radius 3 is 2.11 bits per heavy atom. The second-order valence-corrected chi connectivity index (χ2v) is 5.81. The van der Waals surface area contributed by atoms with Gasteiger partial charge >= 0.3 is 0 Å². The molecule has 2 rings (SSSR count). The van der Waals surface area contributed by atoms with E-state index in [1.165, 1.54) is 12.8 Å². The molecular weight excluding hydrogens is 224 g/mol. The molecule has 0 aromatic rings. The number of hydrogen-bond donors (Lipinski definition) is 0. The Kier molecular flexibility index (Phi) is 6.90. The van der Waals surface area contributed by atoms with E-state index in [0.717, 1.165) is 19.6 Å². The summed E-state index contributed by atoms with van der Waals surface area (Å²) in [5.74, 6) is 0. The lowest BCUT2D eigenvalue weighted by Gasteiger charge is -2.36. The molecule has 1 saturated heterocycles. The van der Waals surface area contributed by atoms with Gasteiger partial charge in [-0.15, -0.1) is 0 Å². The van der Waals surface area contributed by atoms with Crippen LogP contribution < -0.4 is 0 Å². The van der Waals surface area contributed by atoms with E-state index < -0.39 is 0 Å². The van der Waals surface area contributed by atoms with Crippen LogP contribution in [0.4, 0.5) is 0 Å². The summed E-state index contributed by atoms with van der Waals surface area (Å²) in [5, 5.41) is 0. The van der Waals surface area contributed by atoms with Gasteiger partial charge in [0.05, 0.1) is 12.2 Å². The van der Waals surface area contributed by atoms with E-state index in [0.29, 0.717) is 18.2 Å². The molecule has 0 aliphatic carbocycles. The molecule has 0 aromatic carbocycles. The van der Waals surface area contributed by atoms with E-state index in [1.54, 1.807) is 0 Å². The van der Waals surface area contributed by atoms with Gasteiger partial charge in [-0.3, -0.25) is 4.90 Å². The van der Waals surface area contributed by atoms with Crippen molar-refractivity contribution < 1.29 is 4.74 Å². The zero-order valence-electron chi connectivity index (χ0n) is 12.7. The lowest BCUT2D eigenvalue weighted by molar-refractivity contribution is -0.130. The molecule has 2 aliphatic rings.